The molecule has 1 unspecified atom stereocenters. The van der Waals surface area contributed by atoms with Crippen molar-refractivity contribution in [2.45, 2.75) is 13.0 Å². The summed E-state index contributed by atoms with van der Waals surface area (Å²) in [5, 5.41) is 2.06. The van der Waals surface area contributed by atoms with Crippen LogP contribution in [0.5, 0.6) is 11.5 Å². The first-order chi connectivity index (χ1) is 10.2. The number of thiophene rings is 1. The van der Waals surface area contributed by atoms with Gasteiger partial charge in [-0.3, -0.25) is 0 Å². The molecule has 21 heavy (non-hydrogen) atoms. The average Bonchev–Trinajstić information content (AvgIpc) is 3.11. The first kappa shape index (κ1) is 13.8. The van der Waals surface area contributed by atoms with E-state index < -0.39 is 0 Å². The molecule has 0 saturated carbocycles. The van der Waals surface area contributed by atoms with Gasteiger partial charge in [0.25, 0.3) is 0 Å². The Bertz CT molecular complexity index is 765. The highest BCUT2D eigenvalue weighted by Gasteiger charge is 2.18. The van der Waals surface area contributed by atoms with Gasteiger partial charge in [-0.1, -0.05) is 6.07 Å². The van der Waals surface area contributed by atoms with E-state index in [-0.39, 0.29) is 6.04 Å². The van der Waals surface area contributed by atoms with Crippen molar-refractivity contribution in [2.75, 3.05) is 20.0 Å². The molecule has 0 aliphatic rings. The highest BCUT2D eigenvalue weighted by atomic mass is 32.1. The van der Waals surface area contributed by atoms with Gasteiger partial charge >= 0.3 is 0 Å². The predicted octanol–water partition coefficient (Wildman–Crippen LogP) is 3.31. The van der Waals surface area contributed by atoms with Gasteiger partial charge in [0.15, 0.2) is 11.5 Å². The second kappa shape index (κ2) is 5.29. The van der Waals surface area contributed by atoms with Crippen LogP contribution in [0.1, 0.15) is 17.8 Å². The quantitative estimate of drug-likeness (QED) is 0.803. The molecule has 3 aromatic rings. The summed E-state index contributed by atoms with van der Waals surface area (Å²) in [6.45, 7) is 2.11. The Kier molecular flexibility index (Phi) is 3.47. The summed E-state index contributed by atoms with van der Waals surface area (Å²) in [6, 6.07) is 8.02. The Morgan fingerprint density at radius 2 is 1.95 bits per heavy atom. The molecule has 3 rings (SSSR count). The van der Waals surface area contributed by atoms with E-state index in [0.29, 0.717) is 17.4 Å². The Balaban J connectivity index is 2.20. The fourth-order valence-electron chi connectivity index (χ4n) is 2.50. The van der Waals surface area contributed by atoms with E-state index in [1.165, 1.54) is 4.88 Å². The summed E-state index contributed by atoms with van der Waals surface area (Å²) in [4.78, 5) is 5.67. The number of nitrogens with zero attached hydrogens (tertiary/aromatic N) is 2. The number of fused-ring (bicyclic) bond motifs is 1. The molecule has 0 aliphatic carbocycles. The molecule has 6 heteroatoms. The molecule has 2 aromatic heterocycles. The third-order valence-corrected chi connectivity index (χ3v) is 4.61. The van der Waals surface area contributed by atoms with Crippen molar-refractivity contribution in [3.8, 4) is 11.5 Å². The molecule has 0 aliphatic heterocycles. The van der Waals surface area contributed by atoms with E-state index >= 15 is 0 Å². The van der Waals surface area contributed by atoms with E-state index in [4.69, 9.17) is 15.2 Å². The van der Waals surface area contributed by atoms with E-state index in [0.717, 1.165) is 11.0 Å². The molecule has 0 bridgehead atoms. The van der Waals surface area contributed by atoms with Gasteiger partial charge in [-0.15, -0.1) is 11.3 Å². The zero-order valence-electron chi connectivity index (χ0n) is 12.2. The number of rotatable bonds is 4. The summed E-state index contributed by atoms with van der Waals surface area (Å²) in [5.74, 6) is 1.81. The number of benzene rings is 1. The van der Waals surface area contributed by atoms with Gasteiger partial charge in [-0.25, -0.2) is 4.98 Å². The molecule has 110 valence electrons. The van der Waals surface area contributed by atoms with Gasteiger partial charge in [-0.05, 0) is 18.4 Å². The largest absolute Gasteiger partial charge is 0.493 e. The maximum atomic E-state index is 6.12. The lowest BCUT2D eigenvalue weighted by Gasteiger charge is -2.15. The molecule has 1 aromatic carbocycles. The normalized spacial score (nSPS) is 12.5. The molecule has 2 N–H and O–H groups in total. The van der Waals surface area contributed by atoms with Crippen LogP contribution in [-0.4, -0.2) is 23.8 Å². The van der Waals surface area contributed by atoms with Crippen LogP contribution in [0.2, 0.25) is 0 Å². The maximum Gasteiger partial charge on any atom is 0.201 e. The minimum Gasteiger partial charge on any atom is -0.493 e. The lowest BCUT2D eigenvalue weighted by Crippen LogP contribution is -2.09. The van der Waals surface area contributed by atoms with Crippen LogP contribution < -0.4 is 15.2 Å². The van der Waals surface area contributed by atoms with Gasteiger partial charge in [0.05, 0.1) is 31.3 Å². The predicted molar refractivity (Wildman–Crippen MR) is 85.4 cm³/mol. The van der Waals surface area contributed by atoms with E-state index in [9.17, 15) is 0 Å². The summed E-state index contributed by atoms with van der Waals surface area (Å²) < 4.78 is 12.7. The third kappa shape index (κ3) is 2.21. The Morgan fingerprint density at radius 1 is 1.24 bits per heavy atom. The van der Waals surface area contributed by atoms with Crippen molar-refractivity contribution in [2.24, 2.45) is 0 Å². The molecular weight excluding hydrogens is 286 g/mol. The van der Waals surface area contributed by atoms with Crippen LogP contribution in [0.3, 0.4) is 0 Å². The summed E-state index contributed by atoms with van der Waals surface area (Å²) in [6.07, 6.45) is 0. The molecule has 0 spiro atoms. The van der Waals surface area contributed by atoms with Gasteiger partial charge in [0.2, 0.25) is 5.95 Å². The minimum absolute atomic E-state index is 0.119. The van der Waals surface area contributed by atoms with Gasteiger partial charge in [0, 0.05) is 17.0 Å². The summed E-state index contributed by atoms with van der Waals surface area (Å²) >= 11 is 1.70. The molecule has 0 radical (unpaired) electrons. The van der Waals surface area contributed by atoms with Gasteiger partial charge in [0.1, 0.15) is 0 Å². The number of hydrogen-bond acceptors (Lipinski definition) is 5. The van der Waals surface area contributed by atoms with Crippen LogP contribution >= 0.6 is 11.3 Å². The Morgan fingerprint density at radius 3 is 2.57 bits per heavy atom. The molecule has 0 amide bonds. The summed E-state index contributed by atoms with van der Waals surface area (Å²) in [7, 11) is 3.23. The monoisotopic (exact) mass is 303 g/mol. The smallest absolute Gasteiger partial charge is 0.201 e. The highest BCUT2D eigenvalue weighted by molar-refractivity contribution is 7.10. The number of methoxy groups -OCH3 is 2. The average molecular weight is 303 g/mol. The van der Waals surface area contributed by atoms with E-state index in [1.807, 2.05) is 22.8 Å². The maximum absolute atomic E-state index is 6.12. The fraction of sp³-hybridized carbons (Fsp3) is 0.267. The van der Waals surface area contributed by atoms with Crippen LogP contribution in [0.25, 0.3) is 11.0 Å². The molecule has 0 fully saturated rings. The van der Waals surface area contributed by atoms with Crippen molar-refractivity contribution in [3.05, 3.63) is 34.5 Å². The Hall–Kier alpha value is -2.21. The number of anilines is 1. The standard InChI is InChI=1S/C15H17N3O2S/c1-9(14-5-4-6-21-14)18-11-8-13(20-3)12(19-2)7-10(11)17-15(18)16/h4-9H,1-3H3,(H2,16,17). The first-order valence-corrected chi connectivity index (χ1v) is 7.46. The van der Waals surface area contributed by atoms with Crippen LogP contribution in [0.15, 0.2) is 29.6 Å². The molecule has 2 heterocycles. The second-order valence-corrected chi connectivity index (χ2v) is 5.71. The van der Waals surface area contributed by atoms with E-state index in [1.54, 1.807) is 25.6 Å². The van der Waals surface area contributed by atoms with Crippen molar-refractivity contribution < 1.29 is 9.47 Å². The number of nitrogens with two attached hydrogens (primary N) is 1. The number of hydrogen-bond donors (Lipinski definition) is 1. The van der Waals surface area contributed by atoms with Crippen LogP contribution in [-0.2, 0) is 0 Å². The lowest BCUT2D eigenvalue weighted by molar-refractivity contribution is 0.355. The number of aromatic nitrogens is 2. The Labute approximate surface area is 126 Å². The number of nitrogen functional groups attached to an aromatic ring is 1. The third-order valence-electron chi connectivity index (χ3n) is 3.56. The van der Waals surface area contributed by atoms with Gasteiger partial charge in [-0.2, -0.15) is 0 Å². The number of imidazole rings is 1. The van der Waals surface area contributed by atoms with Crippen LogP contribution in [0.4, 0.5) is 5.95 Å². The minimum atomic E-state index is 0.119. The second-order valence-electron chi connectivity index (χ2n) is 4.73. The van der Waals surface area contributed by atoms with Crippen molar-refractivity contribution >= 4 is 28.3 Å². The fourth-order valence-corrected chi connectivity index (χ4v) is 3.28. The molecule has 1 atom stereocenters. The van der Waals surface area contributed by atoms with Gasteiger partial charge < -0.3 is 19.8 Å². The zero-order valence-corrected chi connectivity index (χ0v) is 13.0. The first-order valence-electron chi connectivity index (χ1n) is 6.58. The molecule has 5 nitrogen and oxygen atoms in total. The zero-order chi connectivity index (χ0) is 15.0. The van der Waals surface area contributed by atoms with Crippen molar-refractivity contribution in [3.63, 3.8) is 0 Å². The highest BCUT2D eigenvalue weighted by Crippen LogP contribution is 2.36. The summed E-state index contributed by atoms with van der Waals surface area (Å²) in [5.41, 5.74) is 7.85. The van der Waals surface area contributed by atoms with Crippen molar-refractivity contribution in [1.29, 1.82) is 0 Å². The SMILES string of the molecule is COc1cc2nc(N)n(C(C)c3cccs3)c2cc1OC. The number of ether oxygens (including phenoxy) is 2. The topological polar surface area (TPSA) is 62.3 Å². The molecular formula is C15H17N3O2S. The van der Waals surface area contributed by atoms with Crippen molar-refractivity contribution in [1.82, 2.24) is 9.55 Å². The van der Waals surface area contributed by atoms with E-state index in [2.05, 4.69) is 23.4 Å². The van der Waals surface area contributed by atoms with Crippen LogP contribution in [0, 0.1) is 0 Å². The molecule has 0 saturated heterocycles. The lowest BCUT2D eigenvalue weighted by atomic mass is 10.2.